The summed E-state index contributed by atoms with van der Waals surface area (Å²) in [6.45, 7) is 1.29. The Balaban J connectivity index is 0.00000288. The van der Waals surface area contributed by atoms with Gasteiger partial charge in [-0.05, 0) is 36.2 Å². The van der Waals surface area contributed by atoms with Crippen LogP contribution in [0.3, 0.4) is 0 Å². The second-order valence-electron chi connectivity index (χ2n) is 4.86. The molecule has 3 N–H and O–H groups in total. The van der Waals surface area contributed by atoms with Crippen molar-refractivity contribution in [1.29, 1.82) is 0 Å². The topological polar surface area (TPSA) is 87.3 Å². The second kappa shape index (κ2) is 9.63. The molecule has 0 atom stereocenters. The van der Waals surface area contributed by atoms with Gasteiger partial charge in [-0.3, -0.25) is 9.52 Å². The van der Waals surface area contributed by atoms with Crippen molar-refractivity contribution in [2.24, 2.45) is 0 Å². The maximum absolute atomic E-state index is 12.1. The van der Waals surface area contributed by atoms with Gasteiger partial charge in [0.25, 0.3) is 10.0 Å². The third-order valence-electron chi connectivity index (χ3n) is 3.03. The minimum atomic E-state index is -3.54. The molecule has 0 fully saturated rings. The smallest absolute Gasteiger partial charge is 0.271 e. The first-order valence-electron chi connectivity index (χ1n) is 7.08. The number of carbonyl (C=O) groups is 1. The monoisotopic (exact) mass is 389 g/mol. The first-order valence-corrected chi connectivity index (χ1v) is 9.44. The summed E-state index contributed by atoms with van der Waals surface area (Å²) < 4.78 is 27.0. The molecule has 1 aromatic carbocycles. The molecule has 1 amide bonds. The molecular formula is C15H20ClN3O3S2. The van der Waals surface area contributed by atoms with Gasteiger partial charge < -0.3 is 10.6 Å². The Kier molecular flexibility index (Phi) is 8.20. The van der Waals surface area contributed by atoms with Gasteiger partial charge in [-0.25, -0.2) is 8.42 Å². The number of thiophene rings is 1. The number of hydrogen-bond donors (Lipinski definition) is 3. The first-order chi connectivity index (χ1) is 11.0. The minimum Gasteiger partial charge on any atom is -0.355 e. The van der Waals surface area contributed by atoms with E-state index in [-0.39, 0.29) is 28.9 Å². The summed E-state index contributed by atoms with van der Waals surface area (Å²) in [6.07, 6.45) is 0.266. The van der Waals surface area contributed by atoms with Crippen molar-refractivity contribution in [2.45, 2.75) is 10.6 Å². The molecule has 24 heavy (non-hydrogen) atoms. The van der Waals surface area contributed by atoms with Gasteiger partial charge in [0.05, 0.1) is 6.42 Å². The van der Waals surface area contributed by atoms with E-state index in [0.29, 0.717) is 12.2 Å². The van der Waals surface area contributed by atoms with Crippen LogP contribution in [0.5, 0.6) is 0 Å². The lowest BCUT2D eigenvalue weighted by Gasteiger charge is -2.08. The number of amides is 1. The highest BCUT2D eigenvalue weighted by Gasteiger charge is 2.15. The fourth-order valence-electron chi connectivity index (χ4n) is 1.89. The highest BCUT2D eigenvalue weighted by atomic mass is 35.5. The van der Waals surface area contributed by atoms with E-state index in [1.807, 2.05) is 7.05 Å². The number of halogens is 1. The van der Waals surface area contributed by atoms with Gasteiger partial charge in [0, 0.05) is 18.8 Å². The summed E-state index contributed by atoms with van der Waals surface area (Å²) in [4.78, 5) is 11.7. The van der Waals surface area contributed by atoms with Gasteiger partial charge in [-0.15, -0.1) is 23.7 Å². The Labute approximate surface area is 152 Å². The molecule has 0 saturated carbocycles. The van der Waals surface area contributed by atoms with Gasteiger partial charge in [0.1, 0.15) is 4.21 Å². The Bertz CT molecular complexity index is 732. The third-order valence-corrected chi connectivity index (χ3v) is 5.81. The molecule has 0 aliphatic heterocycles. The molecule has 0 aliphatic carbocycles. The molecular weight excluding hydrogens is 370 g/mol. The fraction of sp³-hybridized carbons (Fsp3) is 0.267. The second-order valence-corrected chi connectivity index (χ2v) is 7.72. The van der Waals surface area contributed by atoms with E-state index < -0.39 is 10.0 Å². The molecule has 1 heterocycles. The van der Waals surface area contributed by atoms with E-state index in [0.717, 1.165) is 23.4 Å². The summed E-state index contributed by atoms with van der Waals surface area (Å²) >= 11 is 1.16. The number of rotatable bonds is 8. The summed E-state index contributed by atoms with van der Waals surface area (Å²) in [5, 5.41) is 7.45. The van der Waals surface area contributed by atoms with Crippen LogP contribution in [0.15, 0.2) is 46.0 Å². The molecule has 6 nitrogen and oxygen atoms in total. The van der Waals surface area contributed by atoms with Crippen molar-refractivity contribution in [3.05, 3.63) is 47.3 Å². The molecule has 0 saturated heterocycles. The van der Waals surface area contributed by atoms with E-state index in [1.54, 1.807) is 41.8 Å². The van der Waals surface area contributed by atoms with Crippen LogP contribution in [0.25, 0.3) is 0 Å². The Morgan fingerprint density at radius 1 is 1.12 bits per heavy atom. The highest BCUT2D eigenvalue weighted by molar-refractivity contribution is 7.94. The Morgan fingerprint density at radius 3 is 2.42 bits per heavy atom. The maximum Gasteiger partial charge on any atom is 0.271 e. The van der Waals surface area contributed by atoms with E-state index in [9.17, 15) is 13.2 Å². The normalized spacial score (nSPS) is 10.7. The van der Waals surface area contributed by atoms with Crippen molar-refractivity contribution in [1.82, 2.24) is 10.6 Å². The average Bonchev–Trinajstić information content (AvgIpc) is 3.04. The van der Waals surface area contributed by atoms with Crippen LogP contribution in [0.4, 0.5) is 5.69 Å². The fourth-order valence-corrected chi connectivity index (χ4v) is 3.94. The van der Waals surface area contributed by atoms with Crippen molar-refractivity contribution in [3.63, 3.8) is 0 Å². The zero-order valence-corrected chi connectivity index (χ0v) is 15.6. The number of benzene rings is 1. The zero-order valence-electron chi connectivity index (χ0n) is 13.1. The van der Waals surface area contributed by atoms with Crippen molar-refractivity contribution in [2.75, 3.05) is 24.9 Å². The third kappa shape index (κ3) is 6.12. The lowest BCUT2D eigenvalue weighted by molar-refractivity contribution is -0.120. The summed E-state index contributed by atoms with van der Waals surface area (Å²) in [5.74, 6) is -0.0628. The lowest BCUT2D eigenvalue weighted by atomic mass is 10.1. The van der Waals surface area contributed by atoms with E-state index in [2.05, 4.69) is 15.4 Å². The number of likely N-dealkylation sites (N-methyl/N-ethyl adjacent to an activating group) is 1. The van der Waals surface area contributed by atoms with Gasteiger partial charge >= 0.3 is 0 Å². The van der Waals surface area contributed by atoms with Crippen LogP contribution in [0.2, 0.25) is 0 Å². The van der Waals surface area contributed by atoms with Gasteiger partial charge in [-0.1, -0.05) is 18.2 Å². The lowest BCUT2D eigenvalue weighted by Crippen LogP contribution is -2.31. The molecule has 0 radical (unpaired) electrons. The Hall–Kier alpha value is -1.61. The molecule has 0 spiro atoms. The molecule has 2 rings (SSSR count). The molecule has 9 heteroatoms. The van der Waals surface area contributed by atoms with Gasteiger partial charge in [0.15, 0.2) is 0 Å². The van der Waals surface area contributed by atoms with Crippen LogP contribution in [0.1, 0.15) is 5.56 Å². The Morgan fingerprint density at radius 2 is 1.83 bits per heavy atom. The summed E-state index contributed by atoms with van der Waals surface area (Å²) in [5.41, 5.74) is 1.30. The van der Waals surface area contributed by atoms with Crippen LogP contribution in [-0.2, 0) is 21.2 Å². The predicted molar refractivity (Wildman–Crippen MR) is 99.5 cm³/mol. The van der Waals surface area contributed by atoms with Crippen LogP contribution >= 0.6 is 23.7 Å². The van der Waals surface area contributed by atoms with Gasteiger partial charge in [0.2, 0.25) is 5.91 Å². The maximum atomic E-state index is 12.1. The largest absolute Gasteiger partial charge is 0.355 e. The number of anilines is 1. The van der Waals surface area contributed by atoms with E-state index in [4.69, 9.17) is 0 Å². The minimum absolute atomic E-state index is 0. The van der Waals surface area contributed by atoms with E-state index in [1.165, 1.54) is 0 Å². The SMILES string of the molecule is CNCCNC(=O)Cc1ccc(NS(=O)(=O)c2cccs2)cc1.Cl. The van der Waals surface area contributed by atoms with Crippen molar-refractivity contribution < 1.29 is 13.2 Å². The quantitative estimate of drug-likeness (QED) is 0.601. The van der Waals surface area contributed by atoms with Crippen molar-refractivity contribution >= 4 is 45.4 Å². The van der Waals surface area contributed by atoms with Crippen LogP contribution < -0.4 is 15.4 Å². The number of sulfonamides is 1. The summed E-state index contributed by atoms with van der Waals surface area (Å²) in [7, 11) is -1.72. The standard InChI is InChI=1S/C15H19N3O3S2.ClH/c1-16-8-9-17-14(19)11-12-4-6-13(7-5-12)18-23(20,21)15-3-2-10-22-15;/h2-7,10,16,18H,8-9,11H2,1H3,(H,17,19);1H. The van der Waals surface area contributed by atoms with Crippen LogP contribution in [0, 0.1) is 0 Å². The van der Waals surface area contributed by atoms with Crippen LogP contribution in [-0.4, -0.2) is 34.5 Å². The molecule has 1 aromatic heterocycles. The first kappa shape index (κ1) is 20.4. The molecule has 132 valence electrons. The molecule has 2 aromatic rings. The van der Waals surface area contributed by atoms with Crippen molar-refractivity contribution in [3.8, 4) is 0 Å². The molecule has 0 aliphatic rings. The number of hydrogen-bond acceptors (Lipinski definition) is 5. The number of nitrogens with one attached hydrogen (secondary N) is 3. The predicted octanol–water partition coefficient (Wildman–Crippen LogP) is 1.85. The van der Waals surface area contributed by atoms with E-state index >= 15 is 0 Å². The van der Waals surface area contributed by atoms with Gasteiger partial charge in [-0.2, -0.15) is 0 Å². The zero-order chi connectivity index (χ0) is 16.7. The highest BCUT2D eigenvalue weighted by Crippen LogP contribution is 2.20. The molecule has 0 unspecified atom stereocenters. The summed E-state index contributed by atoms with van der Waals surface area (Å²) in [6, 6.07) is 10.0. The number of carbonyl (C=O) groups excluding carboxylic acids is 1. The average molecular weight is 390 g/mol. The molecule has 0 bridgehead atoms.